The number of nitriles is 1. The quantitative estimate of drug-likeness (QED) is 0.444. The number of benzene rings is 2. The van der Waals surface area contributed by atoms with Gasteiger partial charge in [-0.2, -0.15) is 5.26 Å². The van der Waals surface area contributed by atoms with Gasteiger partial charge >= 0.3 is 0 Å². The fourth-order valence-electron chi connectivity index (χ4n) is 5.57. The number of piperazine rings is 1. The largest absolute Gasteiger partial charge is 0.395 e. The van der Waals surface area contributed by atoms with Gasteiger partial charge in [0.1, 0.15) is 5.82 Å². The zero-order valence-electron chi connectivity index (χ0n) is 22.3. The average molecular weight is 518 g/mol. The van der Waals surface area contributed by atoms with Crippen LogP contribution in [0.1, 0.15) is 45.6 Å². The van der Waals surface area contributed by atoms with E-state index in [2.05, 4.69) is 27.8 Å². The van der Waals surface area contributed by atoms with Crippen molar-refractivity contribution in [2.45, 2.75) is 46.2 Å². The topological polar surface area (TPSA) is 84.5 Å². The molecule has 1 aliphatic carbocycles. The number of hydrogen-bond acceptors (Lipinski definition) is 5. The van der Waals surface area contributed by atoms with Crippen LogP contribution in [-0.2, 0) is 19.5 Å². The van der Waals surface area contributed by atoms with Gasteiger partial charge in [-0.05, 0) is 73.6 Å². The lowest BCUT2D eigenvalue weighted by Gasteiger charge is -2.34. The molecule has 0 atom stereocenters. The van der Waals surface area contributed by atoms with Crippen molar-refractivity contribution in [3.8, 4) is 6.07 Å². The van der Waals surface area contributed by atoms with Crippen LogP contribution in [0.15, 0.2) is 30.3 Å². The van der Waals surface area contributed by atoms with Crippen molar-refractivity contribution in [2.75, 3.05) is 44.6 Å². The molecule has 200 valence electrons. The summed E-state index contributed by atoms with van der Waals surface area (Å²) in [6.07, 6.45) is 2.71. The first-order chi connectivity index (χ1) is 18.4. The lowest BCUT2D eigenvalue weighted by Crippen LogP contribution is -2.49. The Balaban J connectivity index is 1.54. The number of β-amino-alcohol motifs (C(OH)–C–C–N with tert-alkyl or cyclic N) is 1. The number of hydrogen-bond donors (Lipinski definition) is 2. The average Bonchev–Trinajstić information content (AvgIpc) is 3.69. The van der Waals surface area contributed by atoms with Crippen LogP contribution in [0.3, 0.4) is 0 Å². The fourth-order valence-corrected chi connectivity index (χ4v) is 5.57. The lowest BCUT2D eigenvalue weighted by atomic mass is 10.0. The summed E-state index contributed by atoms with van der Waals surface area (Å²) in [7, 11) is 0. The number of aliphatic hydroxyl groups is 1. The number of fused-ring (bicyclic) bond motifs is 1. The molecule has 0 radical (unpaired) electrons. The lowest BCUT2D eigenvalue weighted by molar-refractivity contribution is 0.0615. The number of halogens is 1. The number of amides is 1. The van der Waals surface area contributed by atoms with E-state index in [1.807, 2.05) is 24.0 Å². The van der Waals surface area contributed by atoms with Crippen molar-refractivity contribution in [3.63, 3.8) is 0 Å². The molecule has 2 N–H and O–H groups in total. The van der Waals surface area contributed by atoms with Crippen molar-refractivity contribution in [1.29, 1.82) is 5.26 Å². The Morgan fingerprint density at radius 2 is 1.92 bits per heavy atom. The van der Waals surface area contributed by atoms with Crippen LogP contribution in [0.5, 0.6) is 0 Å². The number of carbonyl (C=O) groups is 1. The molecule has 1 aromatic heterocycles. The van der Waals surface area contributed by atoms with Gasteiger partial charge in [0.25, 0.3) is 5.91 Å². The number of nitrogens with zero attached hydrogens (tertiary/aromatic N) is 4. The molecule has 2 aromatic carbocycles. The van der Waals surface area contributed by atoms with Gasteiger partial charge in [0, 0.05) is 62.5 Å². The number of carbonyl (C=O) groups excluding carboxylic acids is 1. The van der Waals surface area contributed by atoms with E-state index >= 15 is 0 Å². The van der Waals surface area contributed by atoms with Crippen molar-refractivity contribution in [1.82, 2.24) is 14.4 Å². The zero-order valence-corrected chi connectivity index (χ0v) is 22.3. The van der Waals surface area contributed by atoms with E-state index in [0.717, 1.165) is 58.6 Å². The van der Waals surface area contributed by atoms with Gasteiger partial charge in [0.2, 0.25) is 0 Å². The smallest absolute Gasteiger partial charge is 0.254 e. The summed E-state index contributed by atoms with van der Waals surface area (Å²) in [6.45, 7) is 8.81. The first kappa shape index (κ1) is 26.2. The highest BCUT2D eigenvalue weighted by Crippen LogP contribution is 2.38. The summed E-state index contributed by atoms with van der Waals surface area (Å²) in [5, 5.41) is 23.4. The summed E-state index contributed by atoms with van der Waals surface area (Å²) in [4.78, 5) is 17.7. The minimum Gasteiger partial charge on any atom is -0.395 e. The first-order valence-corrected chi connectivity index (χ1v) is 13.5. The van der Waals surface area contributed by atoms with Gasteiger partial charge in [-0.25, -0.2) is 4.39 Å². The van der Waals surface area contributed by atoms with Gasteiger partial charge in [-0.3, -0.25) is 9.69 Å². The summed E-state index contributed by atoms with van der Waals surface area (Å²) in [6, 6.07) is 11.0. The summed E-state index contributed by atoms with van der Waals surface area (Å²) >= 11 is 0. The molecular weight excluding hydrogens is 481 g/mol. The normalized spacial score (nSPS) is 16.1. The Morgan fingerprint density at radius 1 is 1.16 bits per heavy atom. The Labute approximate surface area is 223 Å². The van der Waals surface area contributed by atoms with E-state index in [9.17, 15) is 19.6 Å². The molecule has 5 rings (SSSR count). The highest BCUT2D eigenvalue weighted by Gasteiger charge is 2.28. The molecule has 1 amide bonds. The molecule has 0 spiro atoms. The second-order valence-electron chi connectivity index (χ2n) is 10.7. The number of aromatic nitrogens is 1. The molecule has 1 saturated heterocycles. The van der Waals surface area contributed by atoms with E-state index in [0.29, 0.717) is 37.7 Å². The molecule has 1 aliphatic heterocycles. The first-order valence-electron chi connectivity index (χ1n) is 13.5. The molecule has 1 saturated carbocycles. The van der Waals surface area contributed by atoms with Gasteiger partial charge in [0.15, 0.2) is 0 Å². The summed E-state index contributed by atoms with van der Waals surface area (Å²) in [5.74, 6) is 0.366. The standard InChI is InChI=1S/C30H36FN5O2/c1-20-15-25(31)6-5-23(20)18-33-28-17-24(30(38)35-11-9-34(10-12-35)13-14-37)16-27-26(7-8-32)21(2)36(29(27)28)19-22-3-4-22/h5-6,15-17,22,33,37H,3-4,7,9-14,18-19H2,1-2H3. The molecule has 3 aromatic rings. The predicted octanol–water partition coefficient (Wildman–Crippen LogP) is 4.24. The Bertz CT molecular complexity index is 1380. The van der Waals surface area contributed by atoms with Crippen molar-refractivity contribution < 1.29 is 14.3 Å². The predicted molar refractivity (Wildman–Crippen MR) is 147 cm³/mol. The van der Waals surface area contributed by atoms with E-state index in [1.165, 1.54) is 25.0 Å². The Morgan fingerprint density at radius 3 is 2.58 bits per heavy atom. The van der Waals surface area contributed by atoms with E-state index in [1.54, 1.807) is 6.07 Å². The van der Waals surface area contributed by atoms with Crippen LogP contribution in [0, 0.1) is 36.9 Å². The van der Waals surface area contributed by atoms with Gasteiger partial charge in [0.05, 0.1) is 30.3 Å². The van der Waals surface area contributed by atoms with Crippen LogP contribution >= 0.6 is 0 Å². The number of aliphatic hydroxyl groups excluding tert-OH is 1. The highest BCUT2D eigenvalue weighted by molar-refractivity contribution is 6.04. The SMILES string of the molecule is Cc1cc(F)ccc1CNc1cc(C(=O)N2CCN(CCO)CC2)cc2c(CC#N)c(C)n(CC3CC3)c12. The van der Waals surface area contributed by atoms with Crippen LogP contribution in [-0.4, -0.2) is 64.7 Å². The molecule has 0 unspecified atom stereocenters. The van der Waals surface area contributed by atoms with Crippen LogP contribution in [0.4, 0.5) is 10.1 Å². The van der Waals surface area contributed by atoms with Crippen LogP contribution < -0.4 is 5.32 Å². The van der Waals surface area contributed by atoms with E-state index in [-0.39, 0.29) is 24.8 Å². The minimum absolute atomic E-state index is 0.0212. The van der Waals surface area contributed by atoms with Crippen molar-refractivity contribution >= 4 is 22.5 Å². The molecule has 2 aliphatic rings. The third kappa shape index (κ3) is 5.40. The van der Waals surface area contributed by atoms with Crippen molar-refractivity contribution in [3.05, 3.63) is 64.1 Å². The Hall–Kier alpha value is -3.41. The number of nitrogens with one attached hydrogen (secondary N) is 1. The molecule has 2 heterocycles. The summed E-state index contributed by atoms with van der Waals surface area (Å²) < 4.78 is 16.0. The van der Waals surface area contributed by atoms with Gasteiger partial charge in [-0.15, -0.1) is 0 Å². The van der Waals surface area contributed by atoms with E-state index in [4.69, 9.17) is 0 Å². The molecule has 38 heavy (non-hydrogen) atoms. The fraction of sp³-hybridized carbons (Fsp3) is 0.467. The second kappa shape index (κ2) is 11.1. The molecule has 7 nitrogen and oxygen atoms in total. The maximum atomic E-state index is 13.7. The number of aryl methyl sites for hydroxylation is 1. The van der Waals surface area contributed by atoms with Gasteiger partial charge < -0.3 is 19.9 Å². The zero-order chi connectivity index (χ0) is 26.8. The van der Waals surface area contributed by atoms with Crippen LogP contribution in [0.25, 0.3) is 10.9 Å². The Kier molecular flexibility index (Phi) is 7.68. The number of rotatable bonds is 9. The maximum Gasteiger partial charge on any atom is 0.254 e. The molecular formula is C30H36FN5O2. The van der Waals surface area contributed by atoms with Crippen molar-refractivity contribution in [2.24, 2.45) is 5.92 Å². The third-order valence-electron chi connectivity index (χ3n) is 8.04. The molecule has 0 bridgehead atoms. The highest BCUT2D eigenvalue weighted by atomic mass is 19.1. The monoisotopic (exact) mass is 517 g/mol. The number of anilines is 1. The van der Waals surface area contributed by atoms with Gasteiger partial charge in [-0.1, -0.05) is 6.07 Å². The van der Waals surface area contributed by atoms with E-state index < -0.39 is 0 Å². The van der Waals surface area contributed by atoms with Crippen LogP contribution in [0.2, 0.25) is 0 Å². The maximum absolute atomic E-state index is 13.7. The molecule has 8 heteroatoms. The summed E-state index contributed by atoms with van der Waals surface area (Å²) in [5.41, 5.74) is 6.42. The third-order valence-corrected chi connectivity index (χ3v) is 8.04. The second-order valence-corrected chi connectivity index (χ2v) is 10.7. The molecule has 2 fully saturated rings. The minimum atomic E-state index is -0.254.